The lowest BCUT2D eigenvalue weighted by atomic mass is 9.81. The molecule has 3 aliphatic heterocycles. The Labute approximate surface area is 89.7 Å². The van der Waals surface area contributed by atoms with Crippen molar-refractivity contribution >= 4 is 5.57 Å². The van der Waals surface area contributed by atoms with Gasteiger partial charge < -0.3 is 4.52 Å². The van der Waals surface area contributed by atoms with Crippen LogP contribution in [0.4, 0.5) is 0 Å². The average Bonchev–Trinajstić information content (AvgIpc) is 2.83. The zero-order valence-electron chi connectivity index (χ0n) is 9.07. The van der Waals surface area contributed by atoms with E-state index in [0.717, 1.165) is 18.2 Å². The van der Waals surface area contributed by atoms with Crippen molar-refractivity contribution < 1.29 is 4.52 Å². The Bertz CT molecular complexity index is 372. The van der Waals surface area contributed by atoms with Gasteiger partial charge in [0.1, 0.15) is 0 Å². The van der Waals surface area contributed by atoms with Gasteiger partial charge in [-0.3, -0.25) is 4.90 Å². The smallest absolute Gasteiger partial charge is 0.162 e. The Kier molecular flexibility index (Phi) is 2.13. The third kappa shape index (κ3) is 1.51. The van der Waals surface area contributed by atoms with Gasteiger partial charge in [-0.2, -0.15) is 0 Å². The molecule has 80 valence electrons. The molecule has 0 N–H and O–H groups in total. The number of piperidine rings is 3. The molecule has 0 aliphatic carbocycles. The van der Waals surface area contributed by atoms with E-state index in [1.165, 1.54) is 31.5 Å². The molecule has 15 heavy (non-hydrogen) atoms. The molecule has 3 nitrogen and oxygen atoms in total. The highest BCUT2D eigenvalue weighted by molar-refractivity contribution is 5.64. The number of aromatic nitrogens is 1. The van der Waals surface area contributed by atoms with E-state index >= 15 is 0 Å². The highest BCUT2D eigenvalue weighted by atomic mass is 16.5. The third-order valence-corrected chi connectivity index (χ3v) is 3.76. The molecule has 3 fully saturated rings. The summed E-state index contributed by atoms with van der Waals surface area (Å²) in [6.07, 6.45) is 4.36. The molecule has 3 aliphatic rings. The van der Waals surface area contributed by atoms with E-state index in [1.54, 1.807) is 11.8 Å². The second-order valence-corrected chi connectivity index (χ2v) is 4.58. The second kappa shape index (κ2) is 3.49. The maximum Gasteiger partial charge on any atom is 0.162 e. The molecule has 0 radical (unpaired) electrons. The zero-order valence-corrected chi connectivity index (χ0v) is 9.07. The van der Waals surface area contributed by atoms with Gasteiger partial charge in [-0.1, -0.05) is 5.16 Å². The summed E-state index contributed by atoms with van der Waals surface area (Å²) in [7, 11) is 0. The molecular formula is C12H16N2O. The number of hydrogen-bond acceptors (Lipinski definition) is 3. The topological polar surface area (TPSA) is 29.3 Å². The molecule has 3 heteroatoms. The van der Waals surface area contributed by atoms with E-state index in [4.69, 9.17) is 4.52 Å². The van der Waals surface area contributed by atoms with Crippen LogP contribution in [0.2, 0.25) is 0 Å². The minimum atomic E-state index is 0.792. The Morgan fingerprint density at radius 2 is 2.27 bits per heavy atom. The summed E-state index contributed by atoms with van der Waals surface area (Å²) in [4.78, 5) is 2.54. The molecule has 4 heterocycles. The van der Waals surface area contributed by atoms with Crippen molar-refractivity contribution in [2.24, 2.45) is 5.92 Å². The van der Waals surface area contributed by atoms with E-state index in [1.807, 2.05) is 6.07 Å². The lowest BCUT2D eigenvalue weighted by Crippen LogP contribution is -2.43. The number of nitrogens with zero attached hydrogens (tertiary/aromatic N) is 2. The van der Waals surface area contributed by atoms with Crippen LogP contribution in [-0.2, 0) is 0 Å². The van der Waals surface area contributed by atoms with E-state index < -0.39 is 0 Å². The summed E-state index contributed by atoms with van der Waals surface area (Å²) >= 11 is 0. The van der Waals surface area contributed by atoms with Gasteiger partial charge in [0.15, 0.2) is 5.76 Å². The molecule has 0 spiro atoms. The van der Waals surface area contributed by atoms with Crippen LogP contribution in [0.3, 0.4) is 0 Å². The quantitative estimate of drug-likeness (QED) is 0.702. The Morgan fingerprint density at radius 1 is 1.47 bits per heavy atom. The van der Waals surface area contributed by atoms with Crippen molar-refractivity contribution in [1.82, 2.24) is 10.1 Å². The van der Waals surface area contributed by atoms with Crippen molar-refractivity contribution in [3.8, 4) is 0 Å². The largest absolute Gasteiger partial charge is 0.357 e. The highest BCUT2D eigenvalue weighted by Crippen LogP contribution is 2.36. The van der Waals surface area contributed by atoms with Crippen LogP contribution in [-0.4, -0.2) is 29.7 Å². The van der Waals surface area contributed by atoms with Crippen LogP contribution >= 0.6 is 0 Å². The fourth-order valence-electron chi connectivity index (χ4n) is 2.80. The molecular weight excluding hydrogens is 188 g/mol. The molecule has 1 aromatic rings. The monoisotopic (exact) mass is 204 g/mol. The first-order chi connectivity index (χ1) is 7.34. The van der Waals surface area contributed by atoms with Crippen LogP contribution < -0.4 is 0 Å². The lowest BCUT2D eigenvalue weighted by Gasteiger charge is -2.41. The van der Waals surface area contributed by atoms with E-state index in [0.29, 0.717) is 0 Å². The summed E-state index contributed by atoms with van der Waals surface area (Å²) in [6, 6.07) is 1.96. The number of hydrogen-bond donors (Lipinski definition) is 0. The van der Waals surface area contributed by atoms with Gasteiger partial charge in [-0.15, -0.1) is 0 Å². The molecule has 3 saturated heterocycles. The van der Waals surface area contributed by atoms with Gasteiger partial charge in [-0.25, -0.2) is 0 Å². The maximum atomic E-state index is 5.23. The normalized spacial score (nSPS) is 33.1. The maximum absolute atomic E-state index is 5.23. The van der Waals surface area contributed by atoms with Crippen molar-refractivity contribution in [1.29, 1.82) is 0 Å². The molecule has 0 aromatic carbocycles. The summed E-state index contributed by atoms with van der Waals surface area (Å²) in [5.41, 5.74) is 2.88. The van der Waals surface area contributed by atoms with Gasteiger partial charge in [0, 0.05) is 12.6 Å². The SMILES string of the molecule is C/C(=C1/CN2CCC1CC2)c1ccno1. The lowest BCUT2D eigenvalue weighted by molar-refractivity contribution is 0.162. The van der Waals surface area contributed by atoms with Crippen molar-refractivity contribution in [3.05, 3.63) is 23.6 Å². The molecule has 0 amide bonds. The Morgan fingerprint density at radius 3 is 2.80 bits per heavy atom. The van der Waals surface area contributed by atoms with E-state index in [9.17, 15) is 0 Å². The summed E-state index contributed by atoms with van der Waals surface area (Å²) < 4.78 is 5.23. The van der Waals surface area contributed by atoms with Gasteiger partial charge >= 0.3 is 0 Å². The highest BCUT2D eigenvalue weighted by Gasteiger charge is 2.31. The number of rotatable bonds is 1. The first kappa shape index (κ1) is 9.16. The van der Waals surface area contributed by atoms with Crippen molar-refractivity contribution in [2.75, 3.05) is 19.6 Å². The van der Waals surface area contributed by atoms with Crippen LogP contribution in [0.15, 0.2) is 22.4 Å². The predicted octanol–water partition coefficient (Wildman–Crippen LogP) is 2.17. The Balaban J connectivity index is 1.95. The fraction of sp³-hybridized carbons (Fsp3) is 0.583. The third-order valence-electron chi connectivity index (χ3n) is 3.76. The number of fused-ring (bicyclic) bond motifs is 3. The average molecular weight is 204 g/mol. The Hall–Kier alpha value is -1.09. The summed E-state index contributed by atoms with van der Waals surface area (Å²) in [5, 5.41) is 3.78. The van der Waals surface area contributed by atoms with Gasteiger partial charge in [0.05, 0.1) is 6.20 Å². The van der Waals surface area contributed by atoms with Crippen LogP contribution in [0.5, 0.6) is 0 Å². The van der Waals surface area contributed by atoms with Crippen LogP contribution in [0, 0.1) is 5.92 Å². The van der Waals surface area contributed by atoms with Gasteiger partial charge in [0.25, 0.3) is 0 Å². The minimum Gasteiger partial charge on any atom is -0.357 e. The fourth-order valence-corrected chi connectivity index (χ4v) is 2.80. The van der Waals surface area contributed by atoms with E-state index in [-0.39, 0.29) is 0 Å². The molecule has 4 rings (SSSR count). The zero-order chi connectivity index (χ0) is 10.3. The van der Waals surface area contributed by atoms with Crippen molar-refractivity contribution in [3.63, 3.8) is 0 Å². The number of allylic oxidation sites excluding steroid dienone is 1. The van der Waals surface area contributed by atoms with Gasteiger partial charge in [-0.05, 0) is 49.9 Å². The minimum absolute atomic E-state index is 0.792. The summed E-state index contributed by atoms with van der Waals surface area (Å²) in [6.45, 7) is 5.85. The molecule has 0 unspecified atom stereocenters. The molecule has 2 bridgehead atoms. The van der Waals surface area contributed by atoms with E-state index in [2.05, 4.69) is 17.0 Å². The first-order valence-corrected chi connectivity index (χ1v) is 5.67. The second-order valence-electron chi connectivity index (χ2n) is 4.58. The standard InChI is InChI=1S/C12H16N2O/c1-9(12-2-5-13-15-12)11-8-14-6-3-10(11)4-7-14/h2,5,10H,3-4,6-8H2,1H3/b11-9+. The van der Waals surface area contributed by atoms with Crippen LogP contribution in [0.1, 0.15) is 25.5 Å². The molecule has 0 atom stereocenters. The van der Waals surface area contributed by atoms with Crippen molar-refractivity contribution in [2.45, 2.75) is 19.8 Å². The van der Waals surface area contributed by atoms with Crippen LogP contribution in [0.25, 0.3) is 5.57 Å². The predicted molar refractivity (Wildman–Crippen MR) is 58.3 cm³/mol. The molecule has 1 aromatic heterocycles. The summed E-state index contributed by atoms with van der Waals surface area (Å²) in [5.74, 6) is 1.74. The molecule has 0 saturated carbocycles. The first-order valence-electron chi connectivity index (χ1n) is 5.67. The van der Waals surface area contributed by atoms with Gasteiger partial charge in [0.2, 0.25) is 0 Å².